The molecule has 1 amide bonds. The Morgan fingerprint density at radius 2 is 2.12 bits per heavy atom. The number of piperidine rings is 1. The van der Waals surface area contributed by atoms with Crippen LogP contribution in [0.2, 0.25) is 0 Å². The first-order chi connectivity index (χ1) is 12.7. The van der Waals surface area contributed by atoms with Crippen molar-refractivity contribution in [2.24, 2.45) is 5.92 Å². The Bertz CT molecular complexity index is 882. The van der Waals surface area contributed by atoms with Crippen molar-refractivity contribution in [2.75, 3.05) is 13.1 Å². The number of rotatable bonds is 5. The molecule has 1 aliphatic heterocycles. The van der Waals surface area contributed by atoms with Gasteiger partial charge >= 0.3 is 0 Å². The summed E-state index contributed by atoms with van der Waals surface area (Å²) in [4.78, 5) is 14.7. The van der Waals surface area contributed by atoms with E-state index < -0.39 is 0 Å². The number of fused-ring (bicyclic) bond motifs is 1. The number of furan rings is 1. The fourth-order valence-corrected chi connectivity index (χ4v) is 4.49. The van der Waals surface area contributed by atoms with Crippen LogP contribution in [0.1, 0.15) is 24.2 Å². The normalized spacial score (nSPS) is 16.2. The summed E-state index contributed by atoms with van der Waals surface area (Å²) < 4.78 is 19.8. The topological polar surface area (TPSA) is 45.5 Å². The van der Waals surface area contributed by atoms with Crippen molar-refractivity contribution in [3.8, 4) is 0 Å². The average Bonchev–Trinajstić information content (AvgIpc) is 3.31. The minimum atomic E-state index is -0.148. The molecule has 1 saturated heterocycles. The predicted octanol–water partition coefficient (Wildman–Crippen LogP) is 4.16. The van der Waals surface area contributed by atoms with Crippen molar-refractivity contribution in [1.82, 2.24) is 10.2 Å². The third-order valence-electron chi connectivity index (χ3n) is 5.00. The van der Waals surface area contributed by atoms with E-state index in [1.807, 2.05) is 18.2 Å². The van der Waals surface area contributed by atoms with Crippen LogP contribution in [0.25, 0.3) is 10.1 Å². The second kappa shape index (κ2) is 7.60. The maximum absolute atomic E-state index is 13.8. The molecule has 0 bridgehead atoms. The van der Waals surface area contributed by atoms with Crippen LogP contribution >= 0.6 is 11.3 Å². The predicted molar refractivity (Wildman–Crippen MR) is 100 cm³/mol. The molecular weight excluding hydrogens is 351 g/mol. The Morgan fingerprint density at radius 3 is 2.88 bits per heavy atom. The summed E-state index contributed by atoms with van der Waals surface area (Å²) in [7, 11) is 0. The summed E-state index contributed by atoms with van der Waals surface area (Å²) >= 11 is 1.47. The molecule has 1 fully saturated rings. The number of halogens is 1. The Morgan fingerprint density at radius 1 is 1.27 bits per heavy atom. The monoisotopic (exact) mass is 372 g/mol. The lowest BCUT2D eigenvalue weighted by Crippen LogP contribution is -2.40. The van der Waals surface area contributed by atoms with Gasteiger partial charge in [-0.1, -0.05) is 12.1 Å². The van der Waals surface area contributed by atoms with Gasteiger partial charge in [0.15, 0.2) is 0 Å². The number of hydrogen-bond acceptors (Lipinski definition) is 4. The number of thiophene rings is 1. The first kappa shape index (κ1) is 17.2. The van der Waals surface area contributed by atoms with Crippen LogP contribution < -0.4 is 5.32 Å². The second-order valence-electron chi connectivity index (χ2n) is 6.73. The fraction of sp³-hybridized carbons (Fsp3) is 0.350. The van der Waals surface area contributed by atoms with Gasteiger partial charge in [-0.15, -0.1) is 11.3 Å². The molecule has 0 radical (unpaired) electrons. The minimum absolute atomic E-state index is 0.0536. The van der Waals surface area contributed by atoms with Crippen LogP contribution in [0.15, 0.2) is 46.4 Å². The molecule has 0 saturated carbocycles. The second-order valence-corrected chi connectivity index (χ2v) is 7.60. The molecule has 1 N–H and O–H groups in total. The molecule has 4 nitrogen and oxygen atoms in total. The third-order valence-corrected chi connectivity index (χ3v) is 6.05. The number of nitrogens with zero attached hydrogens (tertiary/aromatic N) is 1. The average molecular weight is 372 g/mol. The molecule has 2 aromatic heterocycles. The van der Waals surface area contributed by atoms with E-state index in [9.17, 15) is 9.18 Å². The van der Waals surface area contributed by atoms with E-state index in [4.69, 9.17) is 4.42 Å². The van der Waals surface area contributed by atoms with E-state index in [0.29, 0.717) is 6.54 Å². The standard InChI is InChI=1S/C20H21FN2O2S/c21-18-5-1-4-17-15(13-26-19(17)18)12-23-8-6-14(7-9-23)20(24)22-11-16-3-2-10-25-16/h1-5,10,13-14H,6-9,11-12H2,(H,22,24). The number of likely N-dealkylation sites (tertiary alicyclic amines) is 1. The highest BCUT2D eigenvalue weighted by Gasteiger charge is 2.25. The summed E-state index contributed by atoms with van der Waals surface area (Å²) in [6.07, 6.45) is 3.31. The van der Waals surface area contributed by atoms with E-state index in [0.717, 1.165) is 48.3 Å². The van der Waals surface area contributed by atoms with Crippen molar-refractivity contribution in [3.05, 3.63) is 59.1 Å². The molecule has 0 spiro atoms. The smallest absolute Gasteiger partial charge is 0.223 e. The van der Waals surface area contributed by atoms with E-state index in [1.165, 1.54) is 23.0 Å². The lowest BCUT2D eigenvalue weighted by Gasteiger charge is -2.31. The molecule has 26 heavy (non-hydrogen) atoms. The van der Waals surface area contributed by atoms with Crippen molar-refractivity contribution in [3.63, 3.8) is 0 Å². The van der Waals surface area contributed by atoms with E-state index >= 15 is 0 Å². The molecule has 4 rings (SSSR count). The zero-order chi connectivity index (χ0) is 17.9. The van der Waals surface area contributed by atoms with Crippen LogP contribution in [-0.2, 0) is 17.9 Å². The number of benzene rings is 1. The molecule has 0 unspecified atom stereocenters. The number of hydrogen-bond donors (Lipinski definition) is 1. The van der Waals surface area contributed by atoms with E-state index in [1.54, 1.807) is 12.3 Å². The van der Waals surface area contributed by atoms with E-state index in [-0.39, 0.29) is 17.6 Å². The van der Waals surface area contributed by atoms with Gasteiger partial charge in [-0.25, -0.2) is 4.39 Å². The SMILES string of the molecule is O=C(NCc1ccco1)C1CCN(Cc2csc3c(F)cccc23)CC1. The zero-order valence-electron chi connectivity index (χ0n) is 14.4. The van der Waals surface area contributed by atoms with Gasteiger partial charge in [0.25, 0.3) is 0 Å². The maximum atomic E-state index is 13.8. The van der Waals surface area contributed by atoms with Crippen molar-refractivity contribution in [2.45, 2.75) is 25.9 Å². The van der Waals surface area contributed by atoms with Gasteiger partial charge in [0.05, 0.1) is 17.5 Å². The first-order valence-electron chi connectivity index (χ1n) is 8.88. The van der Waals surface area contributed by atoms with Gasteiger partial charge in [-0.2, -0.15) is 0 Å². The Hall–Kier alpha value is -2.18. The molecular formula is C20H21FN2O2S. The number of amides is 1. The zero-order valence-corrected chi connectivity index (χ0v) is 15.2. The lowest BCUT2D eigenvalue weighted by atomic mass is 9.95. The Kier molecular flexibility index (Phi) is 5.04. The largest absolute Gasteiger partial charge is 0.467 e. The highest BCUT2D eigenvalue weighted by molar-refractivity contribution is 7.17. The maximum Gasteiger partial charge on any atom is 0.223 e. The van der Waals surface area contributed by atoms with Gasteiger partial charge in [0, 0.05) is 12.5 Å². The molecule has 0 aliphatic carbocycles. The quantitative estimate of drug-likeness (QED) is 0.731. The van der Waals surface area contributed by atoms with Crippen LogP contribution in [0.5, 0.6) is 0 Å². The number of nitrogens with one attached hydrogen (secondary N) is 1. The molecule has 1 aromatic carbocycles. The Balaban J connectivity index is 1.30. The Labute approximate surface area is 155 Å². The molecule has 0 atom stereocenters. The van der Waals surface area contributed by atoms with Crippen molar-refractivity contribution in [1.29, 1.82) is 0 Å². The van der Waals surface area contributed by atoms with E-state index in [2.05, 4.69) is 15.6 Å². The minimum Gasteiger partial charge on any atom is -0.467 e. The number of carbonyl (C=O) groups is 1. The van der Waals surface area contributed by atoms with Gasteiger partial charge in [-0.05, 0) is 60.5 Å². The van der Waals surface area contributed by atoms with Crippen molar-refractivity contribution < 1.29 is 13.6 Å². The summed E-state index contributed by atoms with van der Waals surface area (Å²) in [6.45, 7) is 3.01. The van der Waals surface area contributed by atoms with Gasteiger partial charge in [-0.3, -0.25) is 9.69 Å². The summed E-state index contributed by atoms with van der Waals surface area (Å²) in [6, 6.07) is 8.94. The van der Waals surface area contributed by atoms with Crippen molar-refractivity contribution >= 4 is 27.3 Å². The van der Waals surface area contributed by atoms with Gasteiger partial charge < -0.3 is 9.73 Å². The molecule has 1 aliphatic rings. The third kappa shape index (κ3) is 3.66. The van der Waals surface area contributed by atoms with Crippen LogP contribution in [-0.4, -0.2) is 23.9 Å². The van der Waals surface area contributed by atoms with Gasteiger partial charge in [0.2, 0.25) is 5.91 Å². The summed E-state index contributed by atoms with van der Waals surface area (Å²) in [5.41, 5.74) is 1.17. The van der Waals surface area contributed by atoms with Crippen LogP contribution in [0.4, 0.5) is 4.39 Å². The molecule has 6 heteroatoms. The molecule has 3 heterocycles. The molecule has 3 aromatic rings. The first-order valence-corrected chi connectivity index (χ1v) is 9.75. The van der Waals surface area contributed by atoms with Crippen LogP contribution in [0, 0.1) is 11.7 Å². The highest BCUT2D eigenvalue weighted by Crippen LogP contribution is 2.30. The highest BCUT2D eigenvalue weighted by atomic mass is 32.1. The molecule has 136 valence electrons. The fourth-order valence-electron chi connectivity index (χ4n) is 3.52. The van der Waals surface area contributed by atoms with Crippen LogP contribution in [0.3, 0.4) is 0 Å². The summed E-state index contributed by atoms with van der Waals surface area (Å²) in [5.74, 6) is 0.778. The number of carbonyl (C=O) groups excluding carboxylic acids is 1. The lowest BCUT2D eigenvalue weighted by molar-refractivity contribution is -0.126. The summed E-state index contributed by atoms with van der Waals surface area (Å²) in [5, 5.41) is 6.01. The van der Waals surface area contributed by atoms with Gasteiger partial charge in [0.1, 0.15) is 11.6 Å².